The van der Waals surface area contributed by atoms with Crippen molar-refractivity contribution < 1.29 is 4.79 Å². The van der Waals surface area contributed by atoms with E-state index in [9.17, 15) is 4.79 Å². The van der Waals surface area contributed by atoms with Gasteiger partial charge in [0.2, 0.25) is 0 Å². The minimum atomic E-state index is 0.0706. The highest BCUT2D eigenvalue weighted by molar-refractivity contribution is 5.87. The Balaban J connectivity index is 2.92. The third kappa shape index (κ3) is 3.48. The van der Waals surface area contributed by atoms with Crippen LogP contribution in [0.25, 0.3) is 0 Å². The molecule has 0 spiro atoms. The molecule has 0 fully saturated rings. The number of rotatable bonds is 5. The maximum Gasteiger partial charge on any atom is 0.142 e. The zero-order chi connectivity index (χ0) is 12.1. The average molecular weight is 218 g/mol. The van der Waals surface area contributed by atoms with Crippen molar-refractivity contribution in [2.45, 2.75) is 40.0 Å². The molecule has 0 bridgehead atoms. The maximum absolute atomic E-state index is 12.2. The fourth-order valence-corrected chi connectivity index (χ4v) is 1.98. The van der Waals surface area contributed by atoms with Gasteiger partial charge in [0, 0.05) is 11.8 Å². The average Bonchev–Trinajstić information content (AvgIpc) is 2.26. The summed E-state index contributed by atoms with van der Waals surface area (Å²) in [5.74, 6) is 1.10. The third-order valence-corrected chi connectivity index (χ3v) is 2.82. The Morgan fingerprint density at radius 3 is 2.06 bits per heavy atom. The van der Waals surface area contributed by atoms with Gasteiger partial charge in [0.15, 0.2) is 0 Å². The molecule has 0 aromatic heterocycles. The molecule has 0 heterocycles. The second kappa shape index (κ2) is 5.83. The van der Waals surface area contributed by atoms with Crippen molar-refractivity contribution in [1.82, 2.24) is 0 Å². The summed E-state index contributed by atoms with van der Waals surface area (Å²) >= 11 is 0. The van der Waals surface area contributed by atoms with Gasteiger partial charge in [-0.1, -0.05) is 58.0 Å². The van der Waals surface area contributed by atoms with Gasteiger partial charge in [-0.2, -0.15) is 0 Å². The molecule has 1 rings (SSSR count). The summed E-state index contributed by atoms with van der Waals surface area (Å²) in [4.78, 5) is 12.2. The van der Waals surface area contributed by atoms with Crippen molar-refractivity contribution in [1.29, 1.82) is 0 Å². The topological polar surface area (TPSA) is 17.1 Å². The molecule has 0 amide bonds. The van der Waals surface area contributed by atoms with Crippen LogP contribution in [0.3, 0.4) is 0 Å². The molecule has 0 aliphatic rings. The van der Waals surface area contributed by atoms with Crippen LogP contribution >= 0.6 is 0 Å². The molecule has 1 atom stereocenters. The Bertz CT molecular complexity index is 325. The first-order valence-corrected chi connectivity index (χ1v) is 6.11. The van der Waals surface area contributed by atoms with Crippen LogP contribution in [0.5, 0.6) is 0 Å². The lowest BCUT2D eigenvalue weighted by atomic mass is 9.83. The van der Waals surface area contributed by atoms with Crippen LogP contribution in [0.2, 0.25) is 0 Å². The third-order valence-electron chi connectivity index (χ3n) is 2.82. The predicted octanol–water partition coefficient (Wildman–Crippen LogP) is 4.04. The summed E-state index contributed by atoms with van der Waals surface area (Å²) in [6.45, 7) is 8.31. The molecule has 1 heteroatoms. The SMILES string of the molecule is CC(C)C[C@H](C(=O)C(C)C)c1ccccc1. The first kappa shape index (κ1) is 13.0. The van der Waals surface area contributed by atoms with Gasteiger partial charge in [-0.25, -0.2) is 0 Å². The summed E-state index contributed by atoms with van der Waals surface area (Å²) in [6.07, 6.45) is 0.945. The Kier molecular flexibility index (Phi) is 4.72. The molecule has 16 heavy (non-hydrogen) atoms. The standard InChI is InChI=1S/C15H22O/c1-11(2)10-14(15(16)12(3)4)13-8-6-5-7-9-13/h5-9,11-12,14H,10H2,1-4H3/t14-/m0/s1. The Labute approximate surface area is 98.9 Å². The number of Topliss-reactive ketones (excluding diaryl/α,β-unsaturated/α-hetero) is 1. The minimum Gasteiger partial charge on any atom is -0.299 e. The molecule has 1 aromatic rings. The lowest BCUT2D eigenvalue weighted by molar-refractivity contribution is -0.123. The first-order chi connectivity index (χ1) is 7.52. The summed E-state index contributed by atoms with van der Waals surface area (Å²) in [5, 5.41) is 0. The normalized spacial score (nSPS) is 13.1. The van der Waals surface area contributed by atoms with Crippen LogP contribution in [0.15, 0.2) is 30.3 Å². The molecule has 1 aromatic carbocycles. The lowest BCUT2D eigenvalue weighted by Gasteiger charge is -2.20. The maximum atomic E-state index is 12.2. The van der Waals surface area contributed by atoms with E-state index in [0.29, 0.717) is 11.7 Å². The molecule has 0 N–H and O–H groups in total. The van der Waals surface area contributed by atoms with Crippen LogP contribution in [0.1, 0.15) is 45.6 Å². The number of carbonyl (C=O) groups is 1. The molecular formula is C15H22O. The molecule has 0 aliphatic heterocycles. The monoisotopic (exact) mass is 218 g/mol. The number of benzene rings is 1. The van der Waals surface area contributed by atoms with Crippen LogP contribution in [-0.2, 0) is 4.79 Å². The molecule has 0 saturated carbocycles. The molecule has 0 saturated heterocycles. The largest absolute Gasteiger partial charge is 0.299 e. The summed E-state index contributed by atoms with van der Waals surface area (Å²) in [7, 11) is 0. The summed E-state index contributed by atoms with van der Waals surface area (Å²) < 4.78 is 0. The number of hydrogen-bond donors (Lipinski definition) is 0. The molecule has 1 nitrogen and oxygen atoms in total. The van der Waals surface area contributed by atoms with Gasteiger partial charge in [0.1, 0.15) is 5.78 Å². The van der Waals surface area contributed by atoms with Gasteiger partial charge >= 0.3 is 0 Å². The van der Waals surface area contributed by atoms with E-state index in [-0.39, 0.29) is 11.8 Å². The van der Waals surface area contributed by atoms with Gasteiger partial charge in [-0.3, -0.25) is 4.79 Å². The molecule has 0 radical (unpaired) electrons. The fraction of sp³-hybridized carbons (Fsp3) is 0.533. The number of carbonyl (C=O) groups excluding carboxylic acids is 1. The van der Waals surface area contributed by atoms with Crippen molar-refractivity contribution >= 4 is 5.78 Å². The zero-order valence-corrected chi connectivity index (χ0v) is 10.7. The highest BCUT2D eigenvalue weighted by Crippen LogP contribution is 2.27. The van der Waals surface area contributed by atoms with Crippen LogP contribution in [-0.4, -0.2) is 5.78 Å². The van der Waals surface area contributed by atoms with E-state index in [2.05, 4.69) is 26.0 Å². The second-order valence-electron chi connectivity index (χ2n) is 5.15. The van der Waals surface area contributed by atoms with Crippen LogP contribution < -0.4 is 0 Å². The quantitative estimate of drug-likeness (QED) is 0.729. The lowest BCUT2D eigenvalue weighted by Crippen LogP contribution is -2.19. The molecule has 0 aliphatic carbocycles. The zero-order valence-electron chi connectivity index (χ0n) is 10.7. The van der Waals surface area contributed by atoms with E-state index in [1.54, 1.807) is 0 Å². The van der Waals surface area contributed by atoms with E-state index in [1.165, 1.54) is 0 Å². The second-order valence-corrected chi connectivity index (χ2v) is 5.15. The van der Waals surface area contributed by atoms with Crippen molar-refractivity contribution in [3.63, 3.8) is 0 Å². The van der Waals surface area contributed by atoms with Gasteiger partial charge in [-0.05, 0) is 17.9 Å². The smallest absolute Gasteiger partial charge is 0.142 e. The van der Waals surface area contributed by atoms with Gasteiger partial charge < -0.3 is 0 Å². The van der Waals surface area contributed by atoms with E-state index in [4.69, 9.17) is 0 Å². The van der Waals surface area contributed by atoms with Crippen molar-refractivity contribution in [2.75, 3.05) is 0 Å². The van der Waals surface area contributed by atoms with Gasteiger partial charge in [0.25, 0.3) is 0 Å². The number of ketones is 1. The highest BCUT2D eigenvalue weighted by Gasteiger charge is 2.23. The van der Waals surface area contributed by atoms with E-state index >= 15 is 0 Å². The van der Waals surface area contributed by atoms with Gasteiger partial charge in [0.05, 0.1) is 0 Å². The van der Waals surface area contributed by atoms with Crippen LogP contribution in [0.4, 0.5) is 0 Å². The predicted molar refractivity (Wildman–Crippen MR) is 68.5 cm³/mol. The van der Waals surface area contributed by atoms with Crippen molar-refractivity contribution in [3.8, 4) is 0 Å². The Hall–Kier alpha value is -1.11. The van der Waals surface area contributed by atoms with Crippen molar-refractivity contribution in [2.24, 2.45) is 11.8 Å². The molecular weight excluding hydrogens is 196 g/mol. The minimum absolute atomic E-state index is 0.0706. The van der Waals surface area contributed by atoms with E-state index in [0.717, 1.165) is 12.0 Å². The Morgan fingerprint density at radius 2 is 1.62 bits per heavy atom. The summed E-state index contributed by atoms with van der Waals surface area (Å²) in [5.41, 5.74) is 1.16. The first-order valence-electron chi connectivity index (χ1n) is 6.11. The fourth-order valence-electron chi connectivity index (χ4n) is 1.98. The molecule has 88 valence electrons. The van der Waals surface area contributed by atoms with Gasteiger partial charge in [-0.15, -0.1) is 0 Å². The van der Waals surface area contributed by atoms with Crippen molar-refractivity contribution in [3.05, 3.63) is 35.9 Å². The van der Waals surface area contributed by atoms with E-state index < -0.39 is 0 Å². The summed E-state index contributed by atoms with van der Waals surface area (Å²) in [6, 6.07) is 10.1. The highest BCUT2D eigenvalue weighted by atomic mass is 16.1. The van der Waals surface area contributed by atoms with Crippen LogP contribution in [0, 0.1) is 11.8 Å². The van der Waals surface area contributed by atoms with E-state index in [1.807, 2.05) is 32.0 Å². The Morgan fingerprint density at radius 1 is 1.06 bits per heavy atom. The molecule has 0 unspecified atom stereocenters. The number of hydrogen-bond acceptors (Lipinski definition) is 1.